The highest BCUT2D eigenvalue weighted by molar-refractivity contribution is 5.88. The fourth-order valence-electron chi connectivity index (χ4n) is 3.31. The number of hydrogen-bond acceptors (Lipinski definition) is 11. The number of nitro groups is 4. The first-order valence-electron chi connectivity index (χ1n) is 9.36. The summed E-state index contributed by atoms with van der Waals surface area (Å²) in [5, 5.41) is 55.8. The summed E-state index contributed by atoms with van der Waals surface area (Å²) < 4.78 is 0. The molecule has 0 fully saturated rings. The molecule has 0 aliphatic rings. The highest BCUT2D eigenvalue weighted by Crippen LogP contribution is 2.43. The van der Waals surface area contributed by atoms with Crippen LogP contribution in [-0.2, 0) is 11.2 Å². The number of nitro benzene ring substituents is 4. The van der Waals surface area contributed by atoms with Gasteiger partial charge in [-0.25, -0.2) is 9.78 Å². The van der Waals surface area contributed by atoms with Gasteiger partial charge in [0.15, 0.2) is 0 Å². The van der Waals surface area contributed by atoms with Crippen molar-refractivity contribution < 1.29 is 29.6 Å². The summed E-state index contributed by atoms with van der Waals surface area (Å²) in [6.45, 7) is 0. The largest absolute Gasteiger partial charge is 0.480 e. The summed E-state index contributed by atoms with van der Waals surface area (Å²) in [5.41, 5.74) is -3.99. The Kier molecular flexibility index (Phi) is 6.60. The number of carboxylic acid groups (broad SMARTS) is 1. The summed E-state index contributed by atoms with van der Waals surface area (Å²) in [5.74, 6) is -1.57. The van der Waals surface area contributed by atoms with E-state index in [1.165, 1.54) is 12.5 Å². The molecule has 1 atom stereocenters. The third-order valence-corrected chi connectivity index (χ3v) is 4.82. The van der Waals surface area contributed by atoms with E-state index in [0.29, 0.717) is 12.1 Å². The lowest BCUT2D eigenvalue weighted by atomic mass is 10.1. The third kappa shape index (κ3) is 4.97. The normalized spacial score (nSPS) is 11.4. The number of aliphatic carboxylic acids is 1. The lowest BCUT2D eigenvalue weighted by Gasteiger charge is -2.30. The van der Waals surface area contributed by atoms with Crippen molar-refractivity contribution >= 4 is 40.1 Å². The molecule has 0 radical (unpaired) electrons. The number of nitrogens with zero attached hydrogens (tertiary/aromatic N) is 6. The number of H-pyrrole nitrogens is 1. The summed E-state index contributed by atoms with van der Waals surface area (Å²) in [4.78, 5) is 61.4. The Morgan fingerprint density at radius 2 is 1.37 bits per heavy atom. The maximum atomic E-state index is 12.3. The van der Waals surface area contributed by atoms with Crippen LogP contribution in [0.2, 0.25) is 0 Å². The minimum Gasteiger partial charge on any atom is -0.480 e. The van der Waals surface area contributed by atoms with E-state index in [-0.39, 0.29) is 5.69 Å². The highest BCUT2D eigenvalue weighted by Gasteiger charge is 2.37. The lowest BCUT2D eigenvalue weighted by Crippen LogP contribution is -2.40. The SMILES string of the molecule is O=C(O)[C@H](Cc1cnc[nH]1)N(c1ccc([N+](=O)[O-])cc1[N+](=O)[O-])c1ccc([N+](=O)[O-])cc1[N+](=O)[O-]. The number of carboxylic acids is 1. The molecule has 0 spiro atoms. The van der Waals surface area contributed by atoms with Crippen molar-refractivity contribution in [1.29, 1.82) is 0 Å². The minimum absolute atomic E-state index is 0.247. The van der Waals surface area contributed by atoms with Crippen molar-refractivity contribution in [3.8, 4) is 0 Å². The van der Waals surface area contributed by atoms with Crippen LogP contribution >= 0.6 is 0 Å². The molecule has 2 N–H and O–H groups in total. The van der Waals surface area contributed by atoms with Crippen LogP contribution in [0, 0.1) is 40.5 Å². The van der Waals surface area contributed by atoms with Gasteiger partial charge in [-0.15, -0.1) is 0 Å². The van der Waals surface area contributed by atoms with Crippen LogP contribution < -0.4 is 4.90 Å². The number of nitrogens with one attached hydrogen (secondary N) is 1. The van der Waals surface area contributed by atoms with Gasteiger partial charge >= 0.3 is 5.97 Å². The van der Waals surface area contributed by atoms with Gasteiger partial charge in [-0.3, -0.25) is 40.5 Å². The van der Waals surface area contributed by atoms with Crippen LogP contribution in [-0.4, -0.2) is 46.8 Å². The van der Waals surface area contributed by atoms with Crippen molar-refractivity contribution in [2.45, 2.75) is 12.5 Å². The van der Waals surface area contributed by atoms with Gasteiger partial charge in [-0.05, 0) is 12.1 Å². The molecule has 17 heteroatoms. The Morgan fingerprint density at radius 3 is 1.71 bits per heavy atom. The summed E-state index contributed by atoms with van der Waals surface area (Å²) in [7, 11) is 0. The smallest absolute Gasteiger partial charge is 0.327 e. The Balaban J connectivity index is 2.36. The van der Waals surface area contributed by atoms with Crippen molar-refractivity contribution in [3.05, 3.63) is 95.1 Å². The van der Waals surface area contributed by atoms with E-state index in [2.05, 4.69) is 9.97 Å². The summed E-state index contributed by atoms with van der Waals surface area (Å²) in [6.07, 6.45) is 2.11. The standard InChI is InChI=1S/C18H13N7O10/c26-18(27)17(5-10-8-19-9-20-10)21(13-3-1-11(22(28)29)6-15(13)24(32)33)14-4-2-12(23(30)31)7-16(14)25(34)35/h1-4,6-9,17H,5H2,(H,19,20)(H,26,27)/t17-/m0/s1. The second-order valence-corrected chi connectivity index (χ2v) is 6.88. The molecule has 3 aromatic rings. The third-order valence-electron chi connectivity index (χ3n) is 4.82. The average Bonchev–Trinajstić information content (AvgIpc) is 3.31. The van der Waals surface area contributed by atoms with E-state index in [1.54, 1.807) is 0 Å². The molecular weight excluding hydrogens is 474 g/mol. The molecule has 180 valence electrons. The maximum absolute atomic E-state index is 12.3. The zero-order valence-electron chi connectivity index (χ0n) is 17.2. The van der Waals surface area contributed by atoms with Crippen LogP contribution in [0.1, 0.15) is 5.69 Å². The minimum atomic E-state index is -1.74. The van der Waals surface area contributed by atoms with Gasteiger partial charge in [0.1, 0.15) is 17.4 Å². The van der Waals surface area contributed by atoms with Crippen LogP contribution in [0.5, 0.6) is 0 Å². The van der Waals surface area contributed by atoms with Crippen molar-refractivity contribution in [2.75, 3.05) is 4.90 Å². The Hall–Kier alpha value is -5.48. The molecule has 0 saturated heterocycles. The molecule has 0 aliphatic heterocycles. The molecule has 0 aliphatic carbocycles. The molecule has 0 amide bonds. The molecule has 0 bridgehead atoms. The molecule has 35 heavy (non-hydrogen) atoms. The van der Waals surface area contributed by atoms with E-state index < -0.39 is 72.2 Å². The molecule has 0 saturated carbocycles. The fraction of sp³-hybridized carbons (Fsp3) is 0.111. The van der Waals surface area contributed by atoms with Crippen LogP contribution in [0.3, 0.4) is 0 Å². The van der Waals surface area contributed by atoms with Gasteiger partial charge in [-0.1, -0.05) is 0 Å². The molecular formula is C18H13N7O10. The summed E-state index contributed by atoms with van der Waals surface area (Å²) >= 11 is 0. The number of carbonyl (C=O) groups is 1. The zero-order valence-corrected chi connectivity index (χ0v) is 17.2. The first-order chi connectivity index (χ1) is 16.5. The maximum Gasteiger partial charge on any atom is 0.327 e. The first-order valence-corrected chi connectivity index (χ1v) is 9.36. The number of rotatable bonds is 10. The number of non-ortho nitro benzene ring substituents is 2. The molecule has 1 aromatic heterocycles. The van der Waals surface area contributed by atoms with Gasteiger partial charge in [0.25, 0.3) is 22.7 Å². The number of aromatic nitrogens is 2. The molecule has 0 unspecified atom stereocenters. The predicted molar refractivity (Wildman–Crippen MR) is 115 cm³/mol. The molecule has 2 aromatic carbocycles. The van der Waals surface area contributed by atoms with Crippen molar-refractivity contribution in [1.82, 2.24) is 9.97 Å². The molecule has 17 nitrogen and oxygen atoms in total. The Bertz CT molecular complexity index is 1270. The van der Waals surface area contributed by atoms with E-state index in [9.17, 15) is 50.4 Å². The number of imidazole rings is 1. The van der Waals surface area contributed by atoms with Crippen LogP contribution in [0.25, 0.3) is 0 Å². The van der Waals surface area contributed by atoms with E-state index in [0.717, 1.165) is 29.2 Å². The number of hydrogen-bond donors (Lipinski definition) is 2. The second kappa shape index (κ2) is 9.57. The topological polar surface area (TPSA) is 242 Å². The second-order valence-electron chi connectivity index (χ2n) is 6.88. The van der Waals surface area contributed by atoms with Crippen LogP contribution in [0.15, 0.2) is 48.9 Å². The van der Waals surface area contributed by atoms with Gasteiger partial charge in [0.05, 0.1) is 38.2 Å². The van der Waals surface area contributed by atoms with Crippen molar-refractivity contribution in [2.24, 2.45) is 0 Å². The fourth-order valence-corrected chi connectivity index (χ4v) is 3.31. The number of benzene rings is 2. The van der Waals surface area contributed by atoms with Crippen molar-refractivity contribution in [3.63, 3.8) is 0 Å². The summed E-state index contributed by atoms with van der Waals surface area (Å²) in [6, 6.07) is 2.90. The van der Waals surface area contributed by atoms with Crippen LogP contribution in [0.4, 0.5) is 34.1 Å². The number of aromatic amines is 1. The van der Waals surface area contributed by atoms with Gasteiger partial charge < -0.3 is 15.0 Å². The van der Waals surface area contributed by atoms with E-state index >= 15 is 0 Å². The van der Waals surface area contributed by atoms with E-state index in [1.807, 2.05) is 0 Å². The predicted octanol–water partition coefficient (Wildman–Crippen LogP) is 2.88. The van der Waals surface area contributed by atoms with E-state index in [4.69, 9.17) is 0 Å². The lowest BCUT2D eigenvalue weighted by molar-refractivity contribution is -0.393. The molecule has 3 rings (SSSR count). The Labute approximate surface area is 192 Å². The van der Waals surface area contributed by atoms with Gasteiger partial charge in [0, 0.05) is 30.4 Å². The average molecular weight is 487 g/mol. The molecule has 1 heterocycles. The van der Waals surface area contributed by atoms with Gasteiger partial charge in [-0.2, -0.15) is 0 Å². The monoisotopic (exact) mass is 487 g/mol. The van der Waals surface area contributed by atoms with Gasteiger partial charge in [0.2, 0.25) is 0 Å². The zero-order chi connectivity index (χ0) is 25.9. The Morgan fingerprint density at radius 1 is 0.886 bits per heavy atom. The first kappa shape index (κ1) is 24.2. The highest BCUT2D eigenvalue weighted by atomic mass is 16.6. The quantitative estimate of drug-likeness (QED) is 0.310. The number of anilines is 2.